The van der Waals surface area contributed by atoms with Crippen LogP contribution in [0.2, 0.25) is 0 Å². The molecule has 0 N–H and O–H groups in total. The molecule has 0 amide bonds. The molecule has 0 aliphatic rings. The molecule has 3 heterocycles. The van der Waals surface area contributed by atoms with Crippen LogP contribution in [0.4, 0.5) is 0 Å². The molecule has 5 aromatic carbocycles. The van der Waals surface area contributed by atoms with Crippen molar-refractivity contribution in [1.82, 2.24) is 4.57 Å². The molecule has 0 aliphatic heterocycles. The van der Waals surface area contributed by atoms with Gasteiger partial charge in [0, 0.05) is 26.2 Å². The van der Waals surface area contributed by atoms with Crippen molar-refractivity contribution in [2.75, 3.05) is 0 Å². The summed E-state index contributed by atoms with van der Waals surface area (Å²) >= 11 is 1.69. The molecule has 0 unspecified atom stereocenters. The minimum absolute atomic E-state index is 0.117. The fraction of sp³-hybridized carbons (Fsp3) is 0. The molecule has 37 heavy (non-hydrogen) atoms. The second-order valence-electron chi connectivity index (χ2n) is 9.20. The fourth-order valence-electron chi connectivity index (χ4n) is 5.60. The molecular formula is C32H16N2O2S. The molecular weight excluding hydrogens is 476 g/mol. The van der Waals surface area contributed by atoms with E-state index in [9.17, 15) is 10.1 Å². The van der Waals surface area contributed by atoms with Crippen LogP contribution in [-0.2, 0) is 0 Å². The zero-order valence-electron chi connectivity index (χ0n) is 19.4. The maximum atomic E-state index is 13.4. The van der Waals surface area contributed by atoms with Crippen LogP contribution >= 0.6 is 11.3 Å². The van der Waals surface area contributed by atoms with Gasteiger partial charge in [0.25, 0.3) is 0 Å². The Labute approximate surface area is 213 Å². The van der Waals surface area contributed by atoms with E-state index in [-0.39, 0.29) is 5.43 Å². The zero-order valence-corrected chi connectivity index (χ0v) is 20.2. The first-order valence-corrected chi connectivity index (χ1v) is 12.8. The van der Waals surface area contributed by atoms with Gasteiger partial charge in [-0.1, -0.05) is 54.6 Å². The van der Waals surface area contributed by atoms with E-state index in [4.69, 9.17) is 4.42 Å². The van der Waals surface area contributed by atoms with Gasteiger partial charge in [-0.05, 0) is 42.5 Å². The van der Waals surface area contributed by atoms with Gasteiger partial charge in [-0.25, -0.2) is 0 Å². The monoisotopic (exact) mass is 492 g/mol. The first-order chi connectivity index (χ1) is 18.2. The quantitative estimate of drug-likeness (QED) is 0.217. The number of rotatable bonds is 1. The Bertz CT molecular complexity index is 2290. The minimum atomic E-state index is -0.117. The lowest BCUT2D eigenvalue weighted by atomic mass is 10.1. The molecule has 0 atom stereocenters. The number of benzene rings is 5. The minimum Gasteiger partial charge on any atom is -0.454 e. The standard InChI is InChI=1S/C32H16N2O2S/c33-17-18-7-5-11-22-30(35)24-15-23-21-10-6-14-27(32(21)37-29(23)16-28(24)36-31(18)22)34-25-12-3-1-8-19(25)20-9-2-4-13-26(20)34/h1-16H. The van der Waals surface area contributed by atoms with Crippen molar-refractivity contribution in [3.8, 4) is 11.8 Å². The Hall–Kier alpha value is -4.92. The molecule has 3 aromatic heterocycles. The van der Waals surface area contributed by atoms with Gasteiger partial charge in [-0.15, -0.1) is 11.3 Å². The van der Waals surface area contributed by atoms with E-state index in [1.54, 1.807) is 29.5 Å². The van der Waals surface area contributed by atoms with Crippen LogP contribution in [0.5, 0.6) is 0 Å². The smallest absolute Gasteiger partial charge is 0.200 e. The lowest BCUT2D eigenvalue weighted by Crippen LogP contribution is -2.02. The number of para-hydroxylation sites is 3. The highest BCUT2D eigenvalue weighted by Gasteiger charge is 2.18. The molecule has 0 fully saturated rings. The second-order valence-corrected chi connectivity index (χ2v) is 10.2. The Kier molecular flexibility index (Phi) is 4.00. The topological polar surface area (TPSA) is 58.9 Å². The number of hydrogen-bond acceptors (Lipinski definition) is 4. The molecule has 0 saturated heterocycles. The van der Waals surface area contributed by atoms with E-state index in [1.807, 2.05) is 12.1 Å². The van der Waals surface area contributed by atoms with E-state index < -0.39 is 0 Å². The van der Waals surface area contributed by atoms with E-state index in [0.29, 0.717) is 27.5 Å². The highest BCUT2D eigenvalue weighted by Crippen LogP contribution is 2.42. The van der Waals surface area contributed by atoms with Crippen LogP contribution < -0.4 is 5.43 Å². The lowest BCUT2D eigenvalue weighted by Gasteiger charge is -2.09. The van der Waals surface area contributed by atoms with Crippen molar-refractivity contribution in [3.63, 3.8) is 0 Å². The Morgan fingerprint density at radius 1 is 0.703 bits per heavy atom. The van der Waals surface area contributed by atoms with Crippen molar-refractivity contribution in [2.45, 2.75) is 0 Å². The van der Waals surface area contributed by atoms with Crippen molar-refractivity contribution in [2.24, 2.45) is 0 Å². The third-order valence-corrected chi connectivity index (χ3v) is 8.43. The number of hydrogen-bond donors (Lipinski definition) is 0. The van der Waals surface area contributed by atoms with Crippen LogP contribution in [0, 0.1) is 11.3 Å². The van der Waals surface area contributed by atoms with Crippen molar-refractivity contribution < 1.29 is 4.42 Å². The average molecular weight is 493 g/mol. The van der Waals surface area contributed by atoms with E-state index in [1.165, 1.54) is 10.8 Å². The molecule has 4 nitrogen and oxygen atoms in total. The SMILES string of the molecule is N#Cc1cccc2c(=O)c3cc4c(cc3oc12)sc1c(-n2c3ccccc3c3ccccc32)cccc14. The summed E-state index contributed by atoms with van der Waals surface area (Å²) in [6, 6.07) is 34.5. The molecule has 0 spiro atoms. The number of thiophene rings is 1. The highest BCUT2D eigenvalue weighted by molar-refractivity contribution is 7.26. The molecule has 172 valence electrons. The number of aromatic nitrogens is 1. The maximum absolute atomic E-state index is 13.4. The summed E-state index contributed by atoms with van der Waals surface area (Å²) in [6.07, 6.45) is 0. The summed E-state index contributed by atoms with van der Waals surface area (Å²) in [7, 11) is 0. The summed E-state index contributed by atoms with van der Waals surface area (Å²) in [4.78, 5) is 13.4. The van der Waals surface area contributed by atoms with Crippen molar-refractivity contribution in [3.05, 3.63) is 113 Å². The van der Waals surface area contributed by atoms with E-state index in [0.717, 1.165) is 36.9 Å². The van der Waals surface area contributed by atoms with Crippen molar-refractivity contribution >= 4 is 75.3 Å². The van der Waals surface area contributed by atoms with Crippen LogP contribution in [0.25, 0.3) is 69.6 Å². The van der Waals surface area contributed by atoms with Gasteiger partial charge in [0.2, 0.25) is 5.43 Å². The Balaban J connectivity index is 1.50. The summed E-state index contributed by atoms with van der Waals surface area (Å²) in [5.74, 6) is 0. The van der Waals surface area contributed by atoms with Gasteiger partial charge in [0.1, 0.15) is 11.7 Å². The highest BCUT2D eigenvalue weighted by atomic mass is 32.1. The van der Waals surface area contributed by atoms with Gasteiger partial charge in [-0.2, -0.15) is 5.26 Å². The fourth-order valence-corrected chi connectivity index (χ4v) is 6.82. The van der Waals surface area contributed by atoms with E-state index >= 15 is 0 Å². The third kappa shape index (κ3) is 2.68. The summed E-state index contributed by atoms with van der Waals surface area (Å²) in [5.41, 5.74) is 4.51. The van der Waals surface area contributed by atoms with Gasteiger partial charge in [0.05, 0.1) is 37.8 Å². The molecule has 8 rings (SSSR count). The average Bonchev–Trinajstić information content (AvgIpc) is 3.47. The molecule has 0 bridgehead atoms. The first-order valence-electron chi connectivity index (χ1n) is 12.0. The predicted molar refractivity (Wildman–Crippen MR) is 152 cm³/mol. The lowest BCUT2D eigenvalue weighted by molar-refractivity contribution is 0.659. The normalized spacial score (nSPS) is 11.9. The number of nitriles is 1. The van der Waals surface area contributed by atoms with Gasteiger partial charge < -0.3 is 8.98 Å². The third-order valence-electron chi connectivity index (χ3n) is 7.24. The van der Waals surface area contributed by atoms with E-state index in [2.05, 4.69) is 77.4 Å². The Morgan fingerprint density at radius 3 is 2.14 bits per heavy atom. The van der Waals surface area contributed by atoms with Crippen molar-refractivity contribution in [1.29, 1.82) is 5.26 Å². The summed E-state index contributed by atoms with van der Waals surface area (Å²) in [6.45, 7) is 0. The second kappa shape index (κ2) is 7.30. The van der Waals surface area contributed by atoms with Gasteiger partial charge in [0.15, 0.2) is 5.58 Å². The molecule has 8 aromatic rings. The van der Waals surface area contributed by atoms with Crippen LogP contribution in [0.3, 0.4) is 0 Å². The molecule has 0 aliphatic carbocycles. The molecule has 5 heteroatoms. The maximum Gasteiger partial charge on any atom is 0.200 e. The predicted octanol–water partition coefficient (Wildman–Crippen LogP) is 8.28. The summed E-state index contributed by atoms with van der Waals surface area (Å²) < 4.78 is 10.7. The number of nitrogens with zero attached hydrogens (tertiary/aromatic N) is 2. The van der Waals surface area contributed by atoms with Crippen LogP contribution in [0.1, 0.15) is 5.56 Å². The molecule has 0 radical (unpaired) electrons. The summed E-state index contributed by atoms with van der Waals surface area (Å²) in [5, 5.41) is 15.0. The molecule has 0 saturated carbocycles. The first kappa shape index (κ1) is 20.3. The van der Waals surface area contributed by atoms with Gasteiger partial charge in [-0.3, -0.25) is 4.79 Å². The Morgan fingerprint density at radius 2 is 1.38 bits per heavy atom. The van der Waals surface area contributed by atoms with Crippen LogP contribution in [0.15, 0.2) is 106 Å². The van der Waals surface area contributed by atoms with Gasteiger partial charge >= 0.3 is 0 Å². The zero-order chi connectivity index (χ0) is 24.7. The van der Waals surface area contributed by atoms with Crippen LogP contribution in [-0.4, -0.2) is 4.57 Å². The number of fused-ring (bicyclic) bond motifs is 8. The largest absolute Gasteiger partial charge is 0.454 e.